The average Bonchev–Trinajstić information content (AvgIpc) is 2.61. The number of hydrazone groups is 1. The molecule has 1 saturated carbocycles. The minimum Gasteiger partial charge on any atom is -0.496 e. The van der Waals surface area contributed by atoms with Crippen molar-refractivity contribution in [1.29, 1.82) is 0 Å². The van der Waals surface area contributed by atoms with Crippen molar-refractivity contribution in [3.63, 3.8) is 0 Å². The van der Waals surface area contributed by atoms with Crippen LogP contribution in [-0.4, -0.2) is 24.5 Å². The standard InChI is InChI=1S/C22H34N2O2/c1-17(2)26-19(4)14-18(3)23-24-22-12-10-21(11-13-22)16-25-15-20-8-6-5-7-9-20/h5-9,14,17,21-22,24H,10-13,15-16H2,1-4H3/b19-14+,23-18+. The van der Waals surface area contributed by atoms with Gasteiger partial charge in [-0.05, 0) is 70.9 Å². The Labute approximate surface area is 158 Å². The van der Waals surface area contributed by atoms with Gasteiger partial charge in [0.05, 0.1) is 24.2 Å². The maximum atomic E-state index is 5.90. The number of rotatable bonds is 9. The van der Waals surface area contributed by atoms with Gasteiger partial charge in [-0.2, -0.15) is 5.10 Å². The van der Waals surface area contributed by atoms with Crippen molar-refractivity contribution in [2.24, 2.45) is 11.0 Å². The monoisotopic (exact) mass is 358 g/mol. The van der Waals surface area contributed by atoms with Crippen LogP contribution in [0.25, 0.3) is 0 Å². The summed E-state index contributed by atoms with van der Waals surface area (Å²) in [4.78, 5) is 0. The van der Waals surface area contributed by atoms with Crippen LogP contribution >= 0.6 is 0 Å². The van der Waals surface area contributed by atoms with Gasteiger partial charge in [0, 0.05) is 12.6 Å². The van der Waals surface area contributed by atoms with E-state index in [-0.39, 0.29) is 6.10 Å². The number of ether oxygens (including phenoxy) is 2. The first-order valence-corrected chi connectivity index (χ1v) is 9.79. The molecule has 1 aromatic carbocycles. The molecule has 1 N–H and O–H groups in total. The molecule has 0 spiro atoms. The van der Waals surface area contributed by atoms with Crippen LogP contribution in [0.15, 0.2) is 47.3 Å². The van der Waals surface area contributed by atoms with Crippen LogP contribution in [0.4, 0.5) is 0 Å². The van der Waals surface area contributed by atoms with E-state index >= 15 is 0 Å². The highest BCUT2D eigenvalue weighted by molar-refractivity contribution is 5.92. The first-order chi connectivity index (χ1) is 12.5. The highest BCUT2D eigenvalue weighted by Gasteiger charge is 2.20. The second-order valence-corrected chi connectivity index (χ2v) is 7.52. The molecule has 4 nitrogen and oxygen atoms in total. The Morgan fingerprint density at radius 2 is 1.85 bits per heavy atom. The van der Waals surface area contributed by atoms with Crippen molar-refractivity contribution in [2.45, 2.75) is 72.1 Å². The lowest BCUT2D eigenvalue weighted by Crippen LogP contribution is -2.31. The van der Waals surface area contributed by atoms with Gasteiger partial charge in [0.15, 0.2) is 0 Å². The number of hydrogen-bond acceptors (Lipinski definition) is 4. The third-order valence-corrected chi connectivity index (χ3v) is 4.57. The van der Waals surface area contributed by atoms with Gasteiger partial charge in [-0.25, -0.2) is 0 Å². The fourth-order valence-electron chi connectivity index (χ4n) is 3.30. The second kappa shape index (κ2) is 11.0. The Morgan fingerprint density at radius 3 is 2.50 bits per heavy atom. The molecule has 0 atom stereocenters. The molecule has 0 heterocycles. The van der Waals surface area contributed by atoms with E-state index in [4.69, 9.17) is 9.47 Å². The molecule has 4 heteroatoms. The number of benzene rings is 1. The zero-order valence-electron chi connectivity index (χ0n) is 16.7. The van der Waals surface area contributed by atoms with E-state index in [1.54, 1.807) is 0 Å². The van der Waals surface area contributed by atoms with Gasteiger partial charge < -0.3 is 14.9 Å². The molecule has 2 rings (SSSR count). The third kappa shape index (κ3) is 8.05. The summed E-state index contributed by atoms with van der Waals surface area (Å²) in [5, 5.41) is 4.50. The lowest BCUT2D eigenvalue weighted by atomic mass is 9.87. The molecule has 0 radical (unpaired) electrons. The van der Waals surface area contributed by atoms with E-state index in [9.17, 15) is 0 Å². The Hall–Kier alpha value is -1.81. The van der Waals surface area contributed by atoms with Crippen molar-refractivity contribution in [2.75, 3.05) is 6.61 Å². The molecule has 0 amide bonds. The van der Waals surface area contributed by atoms with Crippen LogP contribution in [0, 0.1) is 5.92 Å². The first-order valence-electron chi connectivity index (χ1n) is 9.79. The molecular weight excluding hydrogens is 324 g/mol. The second-order valence-electron chi connectivity index (χ2n) is 7.52. The van der Waals surface area contributed by atoms with E-state index in [1.807, 2.05) is 39.8 Å². The van der Waals surface area contributed by atoms with E-state index in [2.05, 4.69) is 34.8 Å². The summed E-state index contributed by atoms with van der Waals surface area (Å²) in [5.74, 6) is 1.57. The van der Waals surface area contributed by atoms with Crippen molar-refractivity contribution in [3.8, 4) is 0 Å². The fraction of sp³-hybridized carbons (Fsp3) is 0.591. The lowest BCUT2D eigenvalue weighted by Gasteiger charge is -2.28. The van der Waals surface area contributed by atoms with Crippen LogP contribution in [-0.2, 0) is 16.1 Å². The fourth-order valence-corrected chi connectivity index (χ4v) is 3.30. The SMILES string of the molecule is C/C(=C\C(C)=N\NC1CCC(COCc2ccccc2)CC1)OC(C)C. The molecular formula is C22H34N2O2. The molecule has 0 aromatic heterocycles. The highest BCUT2D eigenvalue weighted by atomic mass is 16.5. The molecule has 0 aliphatic heterocycles. The van der Waals surface area contributed by atoms with Gasteiger partial charge in [-0.3, -0.25) is 0 Å². The van der Waals surface area contributed by atoms with Gasteiger partial charge in [-0.1, -0.05) is 30.3 Å². The summed E-state index contributed by atoms with van der Waals surface area (Å²) < 4.78 is 11.5. The third-order valence-electron chi connectivity index (χ3n) is 4.57. The number of allylic oxidation sites excluding steroid dienone is 2. The zero-order valence-corrected chi connectivity index (χ0v) is 16.7. The Bertz CT molecular complexity index is 573. The molecule has 1 aromatic rings. The molecule has 0 saturated heterocycles. The van der Waals surface area contributed by atoms with E-state index in [0.29, 0.717) is 18.6 Å². The quantitative estimate of drug-likeness (QED) is 0.381. The molecule has 1 aliphatic carbocycles. The summed E-state index contributed by atoms with van der Waals surface area (Å²) in [6, 6.07) is 10.9. The minimum absolute atomic E-state index is 0.200. The van der Waals surface area contributed by atoms with Crippen LogP contribution in [0.5, 0.6) is 0 Å². The number of nitrogens with zero attached hydrogens (tertiary/aromatic N) is 1. The zero-order chi connectivity index (χ0) is 18.8. The molecule has 0 unspecified atom stereocenters. The van der Waals surface area contributed by atoms with Gasteiger partial charge >= 0.3 is 0 Å². The van der Waals surface area contributed by atoms with Crippen LogP contribution < -0.4 is 5.43 Å². The van der Waals surface area contributed by atoms with E-state index < -0.39 is 0 Å². The van der Waals surface area contributed by atoms with Crippen molar-refractivity contribution >= 4 is 5.71 Å². The summed E-state index contributed by atoms with van der Waals surface area (Å²) in [5.41, 5.74) is 5.53. The lowest BCUT2D eigenvalue weighted by molar-refractivity contribution is 0.0700. The average molecular weight is 359 g/mol. The summed E-state index contributed by atoms with van der Waals surface area (Å²) >= 11 is 0. The Morgan fingerprint density at radius 1 is 1.15 bits per heavy atom. The van der Waals surface area contributed by atoms with Crippen molar-refractivity contribution in [1.82, 2.24) is 5.43 Å². The normalized spacial score (nSPS) is 21.7. The van der Waals surface area contributed by atoms with Crippen molar-refractivity contribution in [3.05, 3.63) is 47.7 Å². The van der Waals surface area contributed by atoms with Gasteiger partial charge in [0.2, 0.25) is 0 Å². The van der Waals surface area contributed by atoms with Gasteiger partial charge in [0.25, 0.3) is 0 Å². The van der Waals surface area contributed by atoms with Crippen molar-refractivity contribution < 1.29 is 9.47 Å². The Balaban J connectivity index is 1.64. The summed E-state index contributed by atoms with van der Waals surface area (Å²) in [6.07, 6.45) is 6.89. The molecule has 0 bridgehead atoms. The predicted molar refractivity (Wildman–Crippen MR) is 108 cm³/mol. The summed E-state index contributed by atoms with van der Waals surface area (Å²) in [7, 11) is 0. The van der Waals surface area contributed by atoms with E-state index in [1.165, 1.54) is 18.4 Å². The van der Waals surface area contributed by atoms with E-state index in [0.717, 1.165) is 30.9 Å². The molecule has 1 fully saturated rings. The van der Waals surface area contributed by atoms with Crippen LogP contribution in [0.3, 0.4) is 0 Å². The van der Waals surface area contributed by atoms with Gasteiger partial charge in [-0.15, -0.1) is 0 Å². The highest BCUT2D eigenvalue weighted by Crippen LogP contribution is 2.24. The Kier molecular flexibility index (Phi) is 8.69. The van der Waals surface area contributed by atoms with Crippen LogP contribution in [0.2, 0.25) is 0 Å². The largest absolute Gasteiger partial charge is 0.496 e. The topological polar surface area (TPSA) is 42.9 Å². The minimum atomic E-state index is 0.200. The molecule has 1 aliphatic rings. The van der Waals surface area contributed by atoms with Gasteiger partial charge in [0.1, 0.15) is 0 Å². The molecule has 144 valence electrons. The maximum Gasteiger partial charge on any atom is 0.0951 e. The number of hydrogen-bond donors (Lipinski definition) is 1. The molecule has 26 heavy (non-hydrogen) atoms. The maximum absolute atomic E-state index is 5.90. The first kappa shape index (κ1) is 20.5. The van der Waals surface area contributed by atoms with Crippen LogP contribution in [0.1, 0.15) is 58.9 Å². The summed E-state index contributed by atoms with van der Waals surface area (Å²) in [6.45, 7) is 9.61. The number of nitrogens with one attached hydrogen (secondary N) is 1. The smallest absolute Gasteiger partial charge is 0.0951 e. The predicted octanol–water partition coefficient (Wildman–Crippen LogP) is 5.06.